The minimum absolute atomic E-state index is 0.0900. The number of nitrogens with one attached hydrogen (secondary N) is 1. The quantitative estimate of drug-likeness (QED) is 0.350. The number of halogens is 2. The monoisotopic (exact) mass is 580 g/mol. The van der Waals surface area contributed by atoms with Crippen molar-refractivity contribution in [3.8, 4) is 11.5 Å². The fourth-order valence-electron chi connectivity index (χ4n) is 5.21. The van der Waals surface area contributed by atoms with Gasteiger partial charge in [0.2, 0.25) is 0 Å². The van der Waals surface area contributed by atoms with Crippen LogP contribution >= 0.6 is 23.2 Å². The number of carbonyl (C=O) groups is 1. The summed E-state index contributed by atoms with van der Waals surface area (Å²) >= 11 is 12.5. The van der Waals surface area contributed by atoms with E-state index in [2.05, 4.69) is 5.32 Å². The summed E-state index contributed by atoms with van der Waals surface area (Å²) in [6.45, 7) is 6.83. The number of hydrogen-bond acceptors (Lipinski definition) is 5. The van der Waals surface area contributed by atoms with Crippen molar-refractivity contribution >= 4 is 35.1 Å². The molecule has 0 aromatic heterocycles. The molecular formula is C31H34Cl2N4O3. The van der Waals surface area contributed by atoms with Crippen LogP contribution in [-0.2, 0) is 0 Å². The van der Waals surface area contributed by atoms with Gasteiger partial charge in [0, 0.05) is 35.7 Å². The van der Waals surface area contributed by atoms with Gasteiger partial charge >= 0.3 is 6.03 Å². The number of amidine groups is 1. The third kappa shape index (κ3) is 6.07. The van der Waals surface area contributed by atoms with Crippen LogP contribution in [0.1, 0.15) is 49.0 Å². The van der Waals surface area contributed by atoms with Gasteiger partial charge in [0.15, 0.2) is 0 Å². The maximum absolute atomic E-state index is 14.5. The number of ether oxygens (including phenoxy) is 2. The molecule has 0 spiro atoms. The van der Waals surface area contributed by atoms with Gasteiger partial charge < -0.3 is 19.7 Å². The molecule has 7 nitrogen and oxygen atoms in total. The van der Waals surface area contributed by atoms with Crippen molar-refractivity contribution < 1.29 is 14.3 Å². The molecule has 0 unspecified atom stereocenters. The average Bonchev–Trinajstić information content (AvgIpc) is 3.12. The van der Waals surface area contributed by atoms with Crippen LogP contribution in [0.15, 0.2) is 71.7 Å². The molecule has 2 amide bonds. The molecule has 0 radical (unpaired) electrons. The number of carbonyl (C=O) groups excluding carboxylic acids is 1. The first-order valence-corrected chi connectivity index (χ1v) is 14.3. The number of urea groups is 1. The Bertz CT molecular complexity index is 1350. The second-order valence-corrected chi connectivity index (χ2v) is 11.1. The smallest absolute Gasteiger partial charge is 0.326 e. The topological polar surface area (TPSA) is 66.4 Å². The van der Waals surface area contributed by atoms with Gasteiger partial charge in [-0.05, 0) is 74.3 Å². The molecule has 2 aliphatic rings. The molecule has 0 bridgehead atoms. The molecule has 0 saturated carbocycles. The van der Waals surface area contributed by atoms with Crippen LogP contribution in [0.25, 0.3) is 0 Å². The minimum Gasteiger partial charge on any atom is -0.497 e. The van der Waals surface area contributed by atoms with E-state index in [1.54, 1.807) is 7.11 Å². The number of methoxy groups -OCH3 is 1. The van der Waals surface area contributed by atoms with Gasteiger partial charge in [-0.1, -0.05) is 47.5 Å². The normalized spacial score (nSPS) is 19.4. The molecule has 2 atom stereocenters. The molecule has 1 N–H and O–H groups in total. The molecule has 5 rings (SSSR count). The lowest BCUT2D eigenvalue weighted by Gasteiger charge is -2.34. The molecule has 3 aromatic rings. The lowest BCUT2D eigenvalue weighted by molar-refractivity contribution is 0.166. The number of amides is 2. The molecule has 1 saturated heterocycles. The standard InChI is InChI=1S/C31H34Cl2N4O3/c1-20(2)40-27-19-25(39-3)13-14-26(27)30-35-28(21-5-9-23(32)10-6-21)29(22-7-11-24(33)12-8-22)37(30)31(38)36-17-4-15-34-16-18-36/h5-14,19-20,28-29,34H,4,15-18H2,1-3H3/t28-,29+/m1/s1. The summed E-state index contributed by atoms with van der Waals surface area (Å²) in [6, 6.07) is 20.1. The Kier molecular flexibility index (Phi) is 8.84. The highest BCUT2D eigenvalue weighted by atomic mass is 35.5. The SMILES string of the molecule is COc1ccc(C2=N[C@H](c3ccc(Cl)cc3)[C@H](c3ccc(Cl)cc3)N2C(=O)N2CCCNCC2)c(OC(C)C)c1. The number of rotatable bonds is 6. The molecule has 1 fully saturated rings. The zero-order valence-corrected chi connectivity index (χ0v) is 24.5. The minimum atomic E-state index is -0.411. The van der Waals surface area contributed by atoms with Gasteiger partial charge in [0.25, 0.3) is 0 Å². The maximum atomic E-state index is 14.5. The molecule has 2 heterocycles. The predicted molar refractivity (Wildman–Crippen MR) is 160 cm³/mol. The van der Waals surface area contributed by atoms with Crippen molar-refractivity contribution in [2.75, 3.05) is 33.3 Å². The van der Waals surface area contributed by atoms with Crippen molar-refractivity contribution in [2.24, 2.45) is 4.99 Å². The summed E-state index contributed by atoms with van der Waals surface area (Å²) in [6.07, 6.45) is 0.788. The van der Waals surface area contributed by atoms with Crippen LogP contribution in [0, 0.1) is 0 Å². The van der Waals surface area contributed by atoms with Crippen LogP contribution in [0.3, 0.4) is 0 Å². The molecule has 40 heavy (non-hydrogen) atoms. The van der Waals surface area contributed by atoms with Crippen molar-refractivity contribution in [3.63, 3.8) is 0 Å². The lowest BCUT2D eigenvalue weighted by atomic mass is 9.93. The first-order valence-electron chi connectivity index (χ1n) is 13.6. The molecule has 3 aromatic carbocycles. The van der Waals surface area contributed by atoms with Gasteiger partial charge in [0.1, 0.15) is 23.4 Å². The Balaban J connectivity index is 1.70. The van der Waals surface area contributed by atoms with E-state index in [1.165, 1.54) is 0 Å². The van der Waals surface area contributed by atoms with E-state index in [1.807, 2.05) is 90.4 Å². The van der Waals surface area contributed by atoms with Gasteiger partial charge in [-0.2, -0.15) is 0 Å². The summed E-state index contributed by atoms with van der Waals surface area (Å²) in [7, 11) is 1.62. The molecule has 2 aliphatic heterocycles. The van der Waals surface area contributed by atoms with Gasteiger partial charge in [0.05, 0.1) is 24.8 Å². The Morgan fingerprint density at radius 2 is 1.62 bits per heavy atom. The van der Waals surface area contributed by atoms with E-state index in [0.717, 1.165) is 36.2 Å². The van der Waals surface area contributed by atoms with E-state index < -0.39 is 6.04 Å². The van der Waals surface area contributed by atoms with E-state index in [4.69, 9.17) is 37.7 Å². The highest BCUT2D eigenvalue weighted by Gasteiger charge is 2.44. The van der Waals surface area contributed by atoms with Gasteiger partial charge in [-0.15, -0.1) is 0 Å². The largest absolute Gasteiger partial charge is 0.497 e. The summed E-state index contributed by atoms with van der Waals surface area (Å²) in [5.41, 5.74) is 2.62. The van der Waals surface area contributed by atoms with Crippen LogP contribution in [0.2, 0.25) is 10.0 Å². The van der Waals surface area contributed by atoms with E-state index in [-0.39, 0.29) is 18.2 Å². The lowest BCUT2D eigenvalue weighted by Crippen LogP contribution is -2.47. The van der Waals surface area contributed by atoms with E-state index in [9.17, 15) is 4.79 Å². The fraction of sp³-hybridized carbons (Fsp3) is 0.355. The van der Waals surface area contributed by atoms with Crippen LogP contribution < -0.4 is 14.8 Å². The molecule has 210 valence electrons. The Labute approximate surface area is 245 Å². The Morgan fingerprint density at radius 1 is 0.950 bits per heavy atom. The average molecular weight is 582 g/mol. The number of benzene rings is 3. The first-order chi connectivity index (χ1) is 19.4. The number of hydrogen-bond donors (Lipinski definition) is 1. The van der Waals surface area contributed by atoms with Crippen molar-refractivity contribution in [1.82, 2.24) is 15.1 Å². The maximum Gasteiger partial charge on any atom is 0.326 e. The van der Waals surface area contributed by atoms with Gasteiger partial charge in [-0.25, -0.2) is 4.79 Å². The summed E-state index contributed by atoms with van der Waals surface area (Å²) in [4.78, 5) is 23.5. The van der Waals surface area contributed by atoms with Crippen molar-refractivity contribution in [3.05, 3.63) is 93.5 Å². The zero-order valence-electron chi connectivity index (χ0n) is 22.9. The second-order valence-electron chi connectivity index (χ2n) is 10.2. The zero-order chi connectivity index (χ0) is 28.2. The predicted octanol–water partition coefficient (Wildman–Crippen LogP) is 6.75. The highest BCUT2D eigenvalue weighted by Crippen LogP contribution is 2.45. The van der Waals surface area contributed by atoms with Crippen LogP contribution in [-0.4, -0.2) is 61.1 Å². The molecular weight excluding hydrogens is 547 g/mol. The Hall–Kier alpha value is -3.26. The number of nitrogens with zero attached hydrogens (tertiary/aromatic N) is 3. The third-order valence-electron chi connectivity index (χ3n) is 7.10. The summed E-state index contributed by atoms with van der Waals surface area (Å²) < 4.78 is 11.7. The van der Waals surface area contributed by atoms with Crippen LogP contribution in [0.4, 0.5) is 4.79 Å². The highest BCUT2D eigenvalue weighted by molar-refractivity contribution is 6.30. The van der Waals surface area contributed by atoms with E-state index >= 15 is 0 Å². The van der Waals surface area contributed by atoms with E-state index in [0.29, 0.717) is 40.5 Å². The molecule has 9 heteroatoms. The summed E-state index contributed by atoms with van der Waals surface area (Å²) in [5, 5.41) is 4.66. The second kappa shape index (κ2) is 12.5. The summed E-state index contributed by atoms with van der Waals surface area (Å²) in [5.74, 6) is 1.83. The Morgan fingerprint density at radius 3 is 2.27 bits per heavy atom. The first kappa shape index (κ1) is 28.3. The van der Waals surface area contributed by atoms with Crippen molar-refractivity contribution in [2.45, 2.75) is 38.5 Å². The fourth-order valence-corrected chi connectivity index (χ4v) is 5.46. The van der Waals surface area contributed by atoms with Crippen molar-refractivity contribution in [1.29, 1.82) is 0 Å². The van der Waals surface area contributed by atoms with Crippen LogP contribution in [0.5, 0.6) is 11.5 Å². The number of aliphatic imine (C=N–C) groups is 1. The van der Waals surface area contributed by atoms with Gasteiger partial charge in [-0.3, -0.25) is 9.89 Å². The third-order valence-corrected chi connectivity index (χ3v) is 7.60. The molecule has 0 aliphatic carbocycles.